The zero-order valence-electron chi connectivity index (χ0n) is 15.2. The van der Waals surface area contributed by atoms with Gasteiger partial charge in [0.25, 0.3) is 5.56 Å². The standard InChI is InChI=1S/C21H16ClFN2O3/c1-12-7-16(17(10-24)21(26)25-12)13-4-6-19(27-2)20(8-13)28-11-14-3-5-15(23)9-18(14)22/h3-9H,11H2,1-2H3,(H,25,26). The third kappa shape index (κ3) is 4.00. The highest BCUT2D eigenvalue weighted by Crippen LogP contribution is 2.34. The van der Waals surface area contributed by atoms with E-state index in [2.05, 4.69) is 4.98 Å². The van der Waals surface area contributed by atoms with Crippen LogP contribution in [0.3, 0.4) is 0 Å². The molecule has 7 heteroatoms. The third-order valence-electron chi connectivity index (χ3n) is 4.15. The van der Waals surface area contributed by atoms with E-state index in [1.807, 2.05) is 6.07 Å². The lowest BCUT2D eigenvalue weighted by Gasteiger charge is -2.14. The molecular weight excluding hydrogens is 383 g/mol. The summed E-state index contributed by atoms with van der Waals surface area (Å²) in [7, 11) is 1.50. The SMILES string of the molecule is COc1ccc(-c2cc(C)[nH]c(=O)c2C#N)cc1OCc1ccc(F)cc1Cl. The van der Waals surface area contributed by atoms with Crippen LogP contribution in [0.1, 0.15) is 16.8 Å². The van der Waals surface area contributed by atoms with Gasteiger partial charge in [-0.25, -0.2) is 4.39 Å². The van der Waals surface area contributed by atoms with Crippen molar-refractivity contribution in [3.05, 3.63) is 80.5 Å². The minimum absolute atomic E-state index is 0.0169. The molecule has 0 saturated heterocycles. The average Bonchev–Trinajstić information content (AvgIpc) is 2.66. The monoisotopic (exact) mass is 398 g/mol. The van der Waals surface area contributed by atoms with E-state index in [0.29, 0.717) is 33.9 Å². The van der Waals surface area contributed by atoms with E-state index >= 15 is 0 Å². The number of ether oxygens (including phenoxy) is 2. The van der Waals surface area contributed by atoms with Crippen molar-refractivity contribution in [2.75, 3.05) is 7.11 Å². The number of hydrogen-bond donors (Lipinski definition) is 1. The highest BCUT2D eigenvalue weighted by molar-refractivity contribution is 6.31. The maximum atomic E-state index is 13.2. The van der Waals surface area contributed by atoms with Gasteiger partial charge in [0.1, 0.15) is 24.1 Å². The van der Waals surface area contributed by atoms with Crippen molar-refractivity contribution >= 4 is 11.6 Å². The van der Waals surface area contributed by atoms with Gasteiger partial charge in [0.05, 0.1) is 12.1 Å². The van der Waals surface area contributed by atoms with E-state index in [0.717, 1.165) is 0 Å². The summed E-state index contributed by atoms with van der Waals surface area (Å²) in [5.41, 5.74) is 1.94. The number of hydrogen-bond acceptors (Lipinski definition) is 4. The van der Waals surface area contributed by atoms with Crippen molar-refractivity contribution in [1.82, 2.24) is 4.98 Å². The first kappa shape index (κ1) is 19.5. The van der Waals surface area contributed by atoms with Crippen LogP contribution in [-0.2, 0) is 6.61 Å². The first-order chi connectivity index (χ1) is 13.4. The van der Waals surface area contributed by atoms with Crippen LogP contribution in [-0.4, -0.2) is 12.1 Å². The normalized spacial score (nSPS) is 10.4. The van der Waals surface area contributed by atoms with Crippen molar-refractivity contribution in [3.63, 3.8) is 0 Å². The number of aromatic nitrogens is 1. The van der Waals surface area contributed by atoms with Crippen molar-refractivity contribution in [1.29, 1.82) is 5.26 Å². The highest BCUT2D eigenvalue weighted by atomic mass is 35.5. The number of benzene rings is 2. The number of methoxy groups -OCH3 is 1. The number of H-pyrrole nitrogens is 1. The van der Waals surface area contributed by atoms with Crippen molar-refractivity contribution in [2.45, 2.75) is 13.5 Å². The maximum Gasteiger partial charge on any atom is 0.266 e. The van der Waals surface area contributed by atoms with Gasteiger partial charge in [-0.15, -0.1) is 0 Å². The Balaban J connectivity index is 2.00. The van der Waals surface area contributed by atoms with E-state index in [1.165, 1.54) is 19.2 Å². The number of aryl methyl sites for hydroxylation is 1. The number of pyridine rings is 1. The molecule has 0 unspecified atom stereocenters. The second kappa shape index (κ2) is 8.15. The van der Waals surface area contributed by atoms with E-state index in [-0.39, 0.29) is 17.2 Å². The molecule has 0 aliphatic heterocycles. The Morgan fingerprint density at radius 2 is 1.96 bits per heavy atom. The smallest absolute Gasteiger partial charge is 0.266 e. The van der Waals surface area contributed by atoms with Crippen LogP contribution >= 0.6 is 11.6 Å². The van der Waals surface area contributed by atoms with E-state index in [1.54, 1.807) is 37.3 Å². The Morgan fingerprint density at radius 3 is 2.64 bits per heavy atom. The van der Waals surface area contributed by atoms with Crippen LogP contribution in [0, 0.1) is 24.1 Å². The lowest BCUT2D eigenvalue weighted by molar-refractivity contribution is 0.284. The molecule has 3 rings (SSSR count). The number of aromatic amines is 1. The lowest BCUT2D eigenvalue weighted by atomic mass is 10.0. The summed E-state index contributed by atoms with van der Waals surface area (Å²) >= 11 is 6.05. The fraction of sp³-hybridized carbons (Fsp3) is 0.143. The van der Waals surface area contributed by atoms with Crippen molar-refractivity contribution in [3.8, 4) is 28.7 Å². The molecular formula is C21H16ClFN2O3. The summed E-state index contributed by atoms with van der Waals surface area (Å²) in [4.78, 5) is 14.7. The Morgan fingerprint density at radius 1 is 1.18 bits per heavy atom. The van der Waals surface area contributed by atoms with E-state index in [9.17, 15) is 14.4 Å². The van der Waals surface area contributed by atoms with Gasteiger partial charge in [-0.2, -0.15) is 5.26 Å². The molecule has 0 aliphatic carbocycles. The molecule has 0 fully saturated rings. The molecule has 0 aliphatic rings. The van der Waals surface area contributed by atoms with E-state index < -0.39 is 11.4 Å². The van der Waals surface area contributed by atoms with Crippen LogP contribution in [0.25, 0.3) is 11.1 Å². The number of nitriles is 1. The zero-order valence-corrected chi connectivity index (χ0v) is 15.9. The summed E-state index contributed by atoms with van der Waals surface area (Å²) in [5.74, 6) is 0.450. The Hall–Kier alpha value is -3.30. The molecule has 0 spiro atoms. The van der Waals surface area contributed by atoms with Gasteiger partial charge >= 0.3 is 0 Å². The zero-order chi connectivity index (χ0) is 20.3. The second-order valence-corrected chi connectivity index (χ2v) is 6.48. The molecule has 2 aromatic carbocycles. The maximum absolute atomic E-state index is 13.2. The highest BCUT2D eigenvalue weighted by Gasteiger charge is 2.14. The largest absolute Gasteiger partial charge is 0.493 e. The number of halogens is 2. The Labute approximate surface area is 165 Å². The predicted octanol–water partition coefficient (Wildman–Crippen LogP) is 4.60. The van der Waals surface area contributed by atoms with Crippen molar-refractivity contribution < 1.29 is 13.9 Å². The topological polar surface area (TPSA) is 75.1 Å². The summed E-state index contributed by atoms with van der Waals surface area (Å²) in [6.07, 6.45) is 0. The molecule has 28 heavy (non-hydrogen) atoms. The quantitative estimate of drug-likeness (QED) is 0.681. The molecule has 142 valence electrons. The first-order valence-electron chi connectivity index (χ1n) is 8.32. The van der Waals surface area contributed by atoms with Crippen molar-refractivity contribution in [2.24, 2.45) is 0 Å². The summed E-state index contributed by atoms with van der Waals surface area (Å²) < 4.78 is 24.4. The molecule has 0 bridgehead atoms. The van der Waals surface area contributed by atoms with Gasteiger partial charge in [-0.1, -0.05) is 23.7 Å². The first-order valence-corrected chi connectivity index (χ1v) is 8.70. The fourth-order valence-corrected chi connectivity index (χ4v) is 3.00. The van der Waals surface area contributed by atoms with Crippen LogP contribution in [0.15, 0.2) is 47.3 Å². The molecule has 3 aromatic rings. The lowest BCUT2D eigenvalue weighted by Crippen LogP contribution is -2.12. The Bertz CT molecular complexity index is 1140. The number of nitrogens with one attached hydrogen (secondary N) is 1. The van der Waals surface area contributed by atoms with E-state index in [4.69, 9.17) is 21.1 Å². The summed E-state index contributed by atoms with van der Waals surface area (Å²) in [5, 5.41) is 9.61. The molecule has 5 nitrogen and oxygen atoms in total. The van der Waals surface area contributed by atoms with Gasteiger partial charge in [0, 0.05) is 16.8 Å². The molecule has 0 radical (unpaired) electrons. The van der Waals surface area contributed by atoms with Crippen LogP contribution in [0.4, 0.5) is 4.39 Å². The fourth-order valence-electron chi connectivity index (χ4n) is 2.78. The minimum atomic E-state index is -0.450. The molecule has 0 saturated carbocycles. The van der Waals surface area contributed by atoms with Gasteiger partial charge in [0.2, 0.25) is 0 Å². The molecule has 1 aromatic heterocycles. The molecule has 1 N–H and O–H groups in total. The molecule has 0 atom stereocenters. The predicted molar refractivity (Wildman–Crippen MR) is 104 cm³/mol. The van der Waals surface area contributed by atoms with Gasteiger partial charge in [-0.05, 0) is 42.8 Å². The molecule has 1 heterocycles. The number of nitrogens with zero attached hydrogens (tertiary/aromatic N) is 1. The third-order valence-corrected chi connectivity index (χ3v) is 4.50. The van der Waals surface area contributed by atoms with Crippen LogP contribution in [0.5, 0.6) is 11.5 Å². The van der Waals surface area contributed by atoms with Gasteiger partial charge in [0.15, 0.2) is 11.5 Å². The number of rotatable bonds is 5. The average molecular weight is 399 g/mol. The summed E-state index contributed by atoms with van der Waals surface area (Å²) in [6, 6.07) is 12.8. The molecule has 0 amide bonds. The second-order valence-electron chi connectivity index (χ2n) is 6.07. The minimum Gasteiger partial charge on any atom is -0.493 e. The van der Waals surface area contributed by atoms with Gasteiger partial charge in [-0.3, -0.25) is 4.79 Å². The Kier molecular flexibility index (Phi) is 5.67. The van der Waals surface area contributed by atoms with Crippen LogP contribution in [0.2, 0.25) is 5.02 Å². The van der Waals surface area contributed by atoms with Crippen LogP contribution < -0.4 is 15.0 Å². The van der Waals surface area contributed by atoms with Gasteiger partial charge < -0.3 is 14.5 Å². The summed E-state index contributed by atoms with van der Waals surface area (Å²) in [6.45, 7) is 1.84.